The topological polar surface area (TPSA) is 75.5 Å². The van der Waals surface area contributed by atoms with Crippen molar-refractivity contribution in [1.29, 1.82) is 0 Å². The third-order valence-corrected chi connectivity index (χ3v) is 5.49. The molecule has 0 aliphatic carbocycles. The number of carbonyl (C=O) groups excluding carboxylic acids is 1. The zero-order valence-corrected chi connectivity index (χ0v) is 17.6. The summed E-state index contributed by atoms with van der Waals surface area (Å²) in [4.78, 5) is 26.3. The van der Waals surface area contributed by atoms with Gasteiger partial charge in [0.1, 0.15) is 5.69 Å². The van der Waals surface area contributed by atoms with Gasteiger partial charge in [-0.15, -0.1) is 0 Å². The molecule has 1 N–H and O–H groups in total. The Morgan fingerprint density at radius 2 is 1.62 bits per heavy atom. The van der Waals surface area contributed by atoms with Gasteiger partial charge in [-0.3, -0.25) is 14.9 Å². The molecule has 0 atom stereocenters. The minimum atomic E-state index is -0.397. The zero-order valence-electron chi connectivity index (χ0n) is 17.6. The fraction of sp³-hybridized carbons (Fsp3) is 0.435. The van der Waals surface area contributed by atoms with Crippen LogP contribution in [0.2, 0.25) is 0 Å². The Morgan fingerprint density at radius 3 is 2.14 bits per heavy atom. The molecule has 0 unspecified atom stereocenters. The first-order valence-electron chi connectivity index (χ1n) is 10.3. The summed E-state index contributed by atoms with van der Waals surface area (Å²) in [6.45, 7) is 9.98. The van der Waals surface area contributed by atoms with Crippen molar-refractivity contribution >= 4 is 23.0 Å². The van der Waals surface area contributed by atoms with Gasteiger partial charge in [-0.25, -0.2) is 0 Å². The van der Waals surface area contributed by atoms with E-state index in [2.05, 4.69) is 33.0 Å². The summed E-state index contributed by atoms with van der Waals surface area (Å²) in [5.41, 5.74) is 3.82. The lowest BCUT2D eigenvalue weighted by Gasteiger charge is -2.21. The predicted molar refractivity (Wildman–Crippen MR) is 117 cm³/mol. The quantitative estimate of drug-likeness (QED) is 0.503. The molecule has 0 spiro atoms. The van der Waals surface area contributed by atoms with Crippen LogP contribution in [-0.4, -0.2) is 23.9 Å². The monoisotopic (exact) mass is 395 g/mol. The van der Waals surface area contributed by atoms with E-state index in [1.807, 2.05) is 23.1 Å². The Bertz CT molecular complexity index is 889. The van der Waals surface area contributed by atoms with Crippen molar-refractivity contribution in [3.63, 3.8) is 0 Å². The van der Waals surface area contributed by atoms with E-state index in [4.69, 9.17) is 0 Å². The third-order valence-electron chi connectivity index (χ3n) is 5.49. The Hall–Kier alpha value is -2.89. The van der Waals surface area contributed by atoms with Crippen LogP contribution in [0.15, 0.2) is 36.4 Å². The van der Waals surface area contributed by atoms with Gasteiger partial charge in [-0.1, -0.05) is 45.9 Å². The normalized spacial score (nSPS) is 13.9. The molecule has 29 heavy (non-hydrogen) atoms. The van der Waals surface area contributed by atoms with Gasteiger partial charge in [0, 0.05) is 30.4 Å². The maximum absolute atomic E-state index is 13.0. The average Bonchev–Trinajstić information content (AvgIpc) is 3.21. The number of amides is 1. The predicted octanol–water partition coefficient (Wildman–Crippen LogP) is 5.69. The van der Waals surface area contributed by atoms with E-state index in [0.29, 0.717) is 11.3 Å². The standard InChI is InChI=1S/C23H29N3O3/c1-15(2)18-8-7-9-19(16(3)4)22(18)24-23(27)17-10-11-20(21(14-17)26(28)29)25-12-5-6-13-25/h7-11,14-16H,5-6,12-13H2,1-4H3,(H,24,27). The SMILES string of the molecule is CC(C)c1cccc(C(C)C)c1NC(=O)c1ccc(N2CCCC2)c([N+](=O)[O-])c1. The molecule has 0 bridgehead atoms. The molecule has 0 aromatic heterocycles. The fourth-order valence-electron chi connectivity index (χ4n) is 3.92. The second-order valence-corrected chi connectivity index (χ2v) is 8.23. The summed E-state index contributed by atoms with van der Waals surface area (Å²) in [5, 5.41) is 14.7. The molecule has 1 fully saturated rings. The minimum Gasteiger partial charge on any atom is -0.366 e. The number of benzene rings is 2. The van der Waals surface area contributed by atoms with Crippen molar-refractivity contribution in [2.24, 2.45) is 0 Å². The second-order valence-electron chi connectivity index (χ2n) is 8.23. The van der Waals surface area contributed by atoms with Gasteiger partial charge in [0.25, 0.3) is 11.6 Å². The van der Waals surface area contributed by atoms with Crippen LogP contribution in [0.3, 0.4) is 0 Å². The highest BCUT2D eigenvalue weighted by molar-refractivity contribution is 6.06. The summed E-state index contributed by atoms with van der Waals surface area (Å²) in [6, 6.07) is 10.8. The molecular formula is C23H29N3O3. The first-order chi connectivity index (χ1) is 13.8. The van der Waals surface area contributed by atoms with Crippen LogP contribution < -0.4 is 10.2 Å². The lowest BCUT2D eigenvalue weighted by Crippen LogP contribution is -2.20. The molecule has 6 nitrogen and oxygen atoms in total. The molecule has 3 rings (SSSR count). The van der Waals surface area contributed by atoms with Crippen LogP contribution in [0, 0.1) is 10.1 Å². The number of rotatable bonds is 6. The smallest absolute Gasteiger partial charge is 0.293 e. The number of nitrogens with one attached hydrogen (secondary N) is 1. The second kappa shape index (κ2) is 8.64. The number of nitro groups is 1. The number of carbonyl (C=O) groups is 1. The number of nitrogens with zero attached hydrogens (tertiary/aromatic N) is 2. The Balaban J connectivity index is 1.96. The molecule has 1 amide bonds. The molecule has 154 valence electrons. The maximum Gasteiger partial charge on any atom is 0.293 e. The number of para-hydroxylation sites is 1. The van der Waals surface area contributed by atoms with Crippen molar-refractivity contribution in [2.45, 2.75) is 52.4 Å². The van der Waals surface area contributed by atoms with Crippen molar-refractivity contribution in [1.82, 2.24) is 0 Å². The molecule has 1 aliphatic rings. The summed E-state index contributed by atoms with van der Waals surface area (Å²) in [7, 11) is 0. The molecule has 6 heteroatoms. The molecule has 0 saturated carbocycles. The Kier molecular flexibility index (Phi) is 6.20. The minimum absolute atomic E-state index is 0.0132. The Morgan fingerprint density at radius 1 is 1.03 bits per heavy atom. The summed E-state index contributed by atoms with van der Waals surface area (Å²) in [5.74, 6) is 0.169. The third kappa shape index (κ3) is 4.42. The van der Waals surface area contributed by atoms with Crippen molar-refractivity contribution in [3.8, 4) is 0 Å². The van der Waals surface area contributed by atoms with Crippen LogP contribution in [0.25, 0.3) is 0 Å². The van der Waals surface area contributed by atoms with E-state index in [1.54, 1.807) is 12.1 Å². The molecule has 2 aromatic carbocycles. The van der Waals surface area contributed by atoms with Crippen molar-refractivity contribution in [3.05, 3.63) is 63.2 Å². The number of hydrogen-bond acceptors (Lipinski definition) is 4. The molecule has 2 aromatic rings. The van der Waals surface area contributed by atoms with Gasteiger partial charge in [0.15, 0.2) is 0 Å². The van der Waals surface area contributed by atoms with Gasteiger partial charge in [0.05, 0.1) is 4.92 Å². The van der Waals surface area contributed by atoms with Gasteiger partial charge in [0.2, 0.25) is 0 Å². The summed E-state index contributed by atoms with van der Waals surface area (Å²) >= 11 is 0. The van der Waals surface area contributed by atoms with Gasteiger partial charge in [-0.05, 0) is 47.9 Å². The summed E-state index contributed by atoms with van der Waals surface area (Å²) in [6.07, 6.45) is 2.06. The van der Waals surface area contributed by atoms with Crippen LogP contribution >= 0.6 is 0 Å². The van der Waals surface area contributed by atoms with E-state index in [-0.39, 0.29) is 23.4 Å². The highest BCUT2D eigenvalue weighted by atomic mass is 16.6. The van der Waals surface area contributed by atoms with E-state index < -0.39 is 4.92 Å². The van der Waals surface area contributed by atoms with E-state index >= 15 is 0 Å². The van der Waals surface area contributed by atoms with E-state index in [1.165, 1.54) is 6.07 Å². The first kappa shape index (κ1) is 20.8. The first-order valence-corrected chi connectivity index (χ1v) is 10.3. The number of nitro benzene ring substituents is 1. The lowest BCUT2D eigenvalue weighted by atomic mass is 9.92. The van der Waals surface area contributed by atoms with E-state index in [9.17, 15) is 14.9 Å². The largest absolute Gasteiger partial charge is 0.366 e. The highest BCUT2D eigenvalue weighted by Gasteiger charge is 2.24. The van der Waals surface area contributed by atoms with Crippen LogP contribution in [0.1, 0.15) is 73.9 Å². The van der Waals surface area contributed by atoms with E-state index in [0.717, 1.165) is 42.7 Å². The fourth-order valence-corrected chi connectivity index (χ4v) is 3.92. The zero-order chi connectivity index (χ0) is 21.1. The van der Waals surface area contributed by atoms with Crippen LogP contribution in [0.5, 0.6) is 0 Å². The number of hydrogen-bond donors (Lipinski definition) is 1. The molecular weight excluding hydrogens is 366 g/mol. The molecule has 1 aliphatic heterocycles. The number of anilines is 2. The van der Waals surface area contributed by atoms with Crippen molar-refractivity contribution < 1.29 is 9.72 Å². The summed E-state index contributed by atoms with van der Waals surface area (Å²) < 4.78 is 0. The lowest BCUT2D eigenvalue weighted by molar-refractivity contribution is -0.384. The Labute approximate surface area is 172 Å². The average molecular weight is 396 g/mol. The molecule has 1 heterocycles. The van der Waals surface area contributed by atoms with Gasteiger partial charge >= 0.3 is 0 Å². The van der Waals surface area contributed by atoms with Crippen molar-refractivity contribution in [2.75, 3.05) is 23.3 Å². The highest BCUT2D eigenvalue weighted by Crippen LogP contribution is 2.34. The molecule has 1 saturated heterocycles. The van der Waals surface area contributed by atoms with Crippen LogP contribution in [0.4, 0.5) is 17.1 Å². The van der Waals surface area contributed by atoms with Crippen LogP contribution in [-0.2, 0) is 0 Å². The van der Waals surface area contributed by atoms with Gasteiger partial charge < -0.3 is 10.2 Å². The molecule has 0 radical (unpaired) electrons. The van der Waals surface area contributed by atoms with Gasteiger partial charge in [-0.2, -0.15) is 0 Å². The maximum atomic E-state index is 13.0.